The first kappa shape index (κ1) is 45.4. The minimum atomic E-state index is 0.353. The summed E-state index contributed by atoms with van der Waals surface area (Å²) in [7, 11) is 0. The van der Waals surface area contributed by atoms with E-state index < -0.39 is 0 Å². The van der Waals surface area contributed by atoms with Gasteiger partial charge >= 0.3 is 0 Å². The fraction of sp³-hybridized carbons (Fsp3) is 0.605. The average molecular weight is 615 g/mol. The average Bonchev–Trinajstić information content (AvgIpc) is 3.08. The van der Waals surface area contributed by atoms with E-state index in [4.69, 9.17) is 5.41 Å². The van der Waals surface area contributed by atoms with Gasteiger partial charge in [0.05, 0.1) is 0 Å². The Morgan fingerprint density at radius 1 is 0.907 bits per heavy atom. The molecule has 0 amide bonds. The third-order valence-corrected chi connectivity index (χ3v) is 7.99. The van der Waals surface area contributed by atoms with E-state index in [9.17, 15) is 0 Å². The lowest BCUT2D eigenvalue weighted by Crippen LogP contribution is -2.38. The van der Waals surface area contributed by atoms with E-state index in [0.717, 1.165) is 36.4 Å². The molecule has 0 aromatic heterocycles. The quantitative estimate of drug-likeness (QED) is 0.0916. The maximum absolute atomic E-state index is 7.33. The third-order valence-electron chi connectivity index (χ3n) is 6.83. The number of piperidine rings is 1. The van der Waals surface area contributed by atoms with E-state index in [1.807, 2.05) is 53.5 Å². The van der Waals surface area contributed by atoms with Crippen LogP contribution in [0.2, 0.25) is 0 Å². The van der Waals surface area contributed by atoms with E-state index in [1.54, 1.807) is 0 Å². The standard InChI is InChI=1S/C18H30N4S.C10H14.C4H10.2C2H6.C2H4/c1-13(12-19)14(2)15(3)21-16-4-6-18(7-5-16)23-22-17-8-10-20-11-9-17;1-3-4-10-7-5-9(2)6-8-10;1-3-4-2;3*1-2/h4,6,12,16-22H,3,5,7-11H2,1-2H3;5-8H,3-4H2,1-2H3;3-4H2,1-2H3;2*1-2H3;1-2H2/b14-13-,19-12?;;;;;. The lowest BCUT2D eigenvalue weighted by Gasteiger charge is -2.28. The maximum atomic E-state index is 7.33. The van der Waals surface area contributed by atoms with Crippen LogP contribution in [0.25, 0.3) is 0 Å². The summed E-state index contributed by atoms with van der Waals surface area (Å²) in [6.07, 6.45) is 15.8. The van der Waals surface area contributed by atoms with Crippen LogP contribution in [0.1, 0.15) is 118 Å². The highest BCUT2D eigenvalue weighted by Crippen LogP contribution is 2.24. The molecule has 43 heavy (non-hydrogen) atoms. The predicted octanol–water partition coefficient (Wildman–Crippen LogP) is 10.8. The zero-order valence-electron chi connectivity index (χ0n) is 29.9. The van der Waals surface area contributed by atoms with Gasteiger partial charge in [0.25, 0.3) is 0 Å². The molecule has 1 fully saturated rings. The summed E-state index contributed by atoms with van der Waals surface area (Å²) in [5, 5.41) is 14.8. The van der Waals surface area contributed by atoms with Gasteiger partial charge in [-0.05, 0) is 82.7 Å². The molecule has 1 aromatic rings. The van der Waals surface area contributed by atoms with Gasteiger partial charge in [-0.25, -0.2) is 0 Å². The number of hydrogen-bond acceptors (Lipinski definition) is 5. The van der Waals surface area contributed by atoms with E-state index in [1.165, 1.54) is 62.3 Å². The topological polar surface area (TPSA) is 59.9 Å². The van der Waals surface area contributed by atoms with Crippen molar-refractivity contribution in [3.63, 3.8) is 0 Å². The Labute approximate surface area is 273 Å². The second kappa shape index (κ2) is 32.8. The van der Waals surface area contributed by atoms with Crippen molar-refractivity contribution in [3.05, 3.63) is 84.1 Å². The molecule has 0 saturated carbocycles. The van der Waals surface area contributed by atoms with Crippen LogP contribution in [0.4, 0.5) is 0 Å². The molecule has 0 bridgehead atoms. The largest absolute Gasteiger partial charge is 0.379 e. The minimum absolute atomic E-state index is 0.353. The van der Waals surface area contributed by atoms with E-state index >= 15 is 0 Å². The van der Waals surface area contributed by atoms with Gasteiger partial charge in [0, 0.05) is 29.2 Å². The Morgan fingerprint density at radius 3 is 1.91 bits per heavy atom. The Morgan fingerprint density at radius 2 is 1.47 bits per heavy atom. The van der Waals surface area contributed by atoms with Gasteiger partial charge < -0.3 is 16.0 Å². The molecule has 2 atom stereocenters. The molecule has 1 aromatic carbocycles. The number of nitrogens with one attached hydrogen (secondary N) is 4. The Kier molecular flexibility index (Phi) is 34.6. The van der Waals surface area contributed by atoms with Gasteiger partial charge in [0.2, 0.25) is 0 Å². The van der Waals surface area contributed by atoms with Gasteiger partial charge in [-0.2, -0.15) is 0 Å². The molecule has 3 rings (SSSR count). The molecular formula is C38H70N4S. The summed E-state index contributed by atoms with van der Waals surface area (Å²) < 4.78 is 3.64. The molecule has 1 aliphatic carbocycles. The summed E-state index contributed by atoms with van der Waals surface area (Å²) >= 11 is 1.89. The second-order valence-corrected chi connectivity index (χ2v) is 11.3. The number of hydrogen-bond donors (Lipinski definition) is 4. The van der Waals surface area contributed by atoms with Crippen LogP contribution in [0, 0.1) is 12.3 Å². The van der Waals surface area contributed by atoms with Crippen molar-refractivity contribution in [2.45, 2.75) is 138 Å². The first-order chi connectivity index (χ1) is 20.8. The Hall–Kier alpha value is -2.08. The third kappa shape index (κ3) is 24.0. The summed E-state index contributed by atoms with van der Waals surface area (Å²) in [6.45, 7) is 33.0. The smallest absolute Gasteiger partial charge is 0.0445 e. The van der Waals surface area contributed by atoms with Crippen molar-refractivity contribution in [2.75, 3.05) is 13.1 Å². The first-order valence-corrected chi connectivity index (χ1v) is 17.7. The number of aryl methyl sites for hydroxylation is 2. The fourth-order valence-electron chi connectivity index (χ4n) is 3.86. The predicted molar refractivity (Wildman–Crippen MR) is 202 cm³/mol. The maximum Gasteiger partial charge on any atom is 0.0445 e. The molecule has 0 radical (unpaired) electrons. The monoisotopic (exact) mass is 615 g/mol. The number of allylic oxidation sites excluding steroid dienone is 2. The Bertz CT molecular complexity index is 836. The van der Waals surface area contributed by atoms with Crippen LogP contribution in [0.3, 0.4) is 0 Å². The highest BCUT2D eigenvalue weighted by molar-refractivity contribution is 7.98. The molecule has 0 spiro atoms. The molecule has 4 nitrogen and oxygen atoms in total. The van der Waals surface area contributed by atoms with Crippen molar-refractivity contribution in [2.24, 2.45) is 0 Å². The minimum Gasteiger partial charge on any atom is -0.379 e. The van der Waals surface area contributed by atoms with Gasteiger partial charge in [-0.1, -0.05) is 128 Å². The molecule has 5 heteroatoms. The molecule has 4 N–H and O–H groups in total. The lowest BCUT2D eigenvalue weighted by molar-refractivity contribution is 0.439. The summed E-state index contributed by atoms with van der Waals surface area (Å²) in [5.41, 5.74) is 5.76. The van der Waals surface area contributed by atoms with Crippen LogP contribution in [-0.4, -0.2) is 36.6 Å². The molecule has 1 aliphatic heterocycles. The Balaban J connectivity index is -0.000000661. The second-order valence-electron chi connectivity index (χ2n) is 10.2. The summed E-state index contributed by atoms with van der Waals surface area (Å²) in [5.74, 6) is 0. The molecule has 248 valence electrons. The molecule has 1 heterocycles. The highest BCUT2D eigenvalue weighted by atomic mass is 32.2. The van der Waals surface area contributed by atoms with E-state index in [0.29, 0.717) is 17.3 Å². The van der Waals surface area contributed by atoms with Crippen LogP contribution in [0.5, 0.6) is 0 Å². The first-order valence-electron chi connectivity index (χ1n) is 16.8. The number of unbranched alkanes of at least 4 members (excludes halogenated alkanes) is 1. The summed E-state index contributed by atoms with van der Waals surface area (Å²) in [4.78, 5) is 0. The van der Waals surface area contributed by atoms with Gasteiger partial charge in [0.15, 0.2) is 0 Å². The van der Waals surface area contributed by atoms with Crippen molar-refractivity contribution < 1.29 is 0 Å². The van der Waals surface area contributed by atoms with Gasteiger partial charge in [-0.15, -0.1) is 13.2 Å². The summed E-state index contributed by atoms with van der Waals surface area (Å²) in [6, 6.07) is 9.77. The van der Waals surface area contributed by atoms with Crippen LogP contribution in [0.15, 0.2) is 73.0 Å². The normalized spacial score (nSPS) is 17.5. The zero-order chi connectivity index (χ0) is 33.5. The fourth-order valence-corrected chi connectivity index (χ4v) is 4.88. The van der Waals surface area contributed by atoms with Crippen LogP contribution in [-0.2, 0) is 6.42 Å². The van der Waals surface area contributed by atoms with Gasteiger partial charge in [-0.3, -0.25) is 4.72 Å². The van der Waals surface area contributed by atoms with Crippen LogP contribution < -0.4 is 15.4 Å². The molecule has 2 aliphatic rings. The van der Waals surface area contributed by atoms with Crippen molar-refractivity contribution in [1.29, 1.82) is 5.41 Å². The van der Waals surface area contributed by atoms with Crippen molar-refractivity contribution in [3.8, 4) is 0 Å². The van der Waals surface area contributed by atoms with Crippen molar-refractivity contribution in [1.82, 2.24) is 15.4 Å². The highest BCUT2D eigenvalue weighted by Gasteiger charge is 2.19. The van der Waals surface area contributed by atoms with E-state index in [-0.39, 0.29) is 0 Å². The SMILES string of the molecule is C=C.C=C(NC1C=CC(SNC2CCNCC2)CC1)/C(C)=C(/C)C=N.CC.CC.CCCC.CCCc1ccc(C)cc1. The van der Waals surface area contributed by atoms with Gasteiger partial charge in [0.1, 0.15) is 0 Å². The number of rotatable bonds is 10. The zero-order valence-corrected chi connectivity index (χ0v) is 30.7. The molecule has 1 saturated heterocycles. The van der Waals surface area contributed by atoms with E-state index in [2.05, 4.69) is 99.2 Å². The molecule has 2 unspecified atom stereocenters. The molecular weight excluding hydrogens is 545 g/mol. The van der Waals surface area contributed by atoms with Crippen molar-refractivity contribution >= 4 is 18.2 Å². The lowest BCUT2D eigenvalue weighted by atomic mass is 10.0. The van der Waals surface area contributed by atoms with Crippen LogP contribution >= 0.6 is 11.9 Å². The number of benzene rings is 1.